The van der Waals surface area contributed by atoms with Crippen molar-refractivity contribution in [3.8, 4) is 33.4 Å². The Balaban J connectivity index is 1.15. The number of hydrogen-bond donors (Lipinski definition) is 0. The Hall–Kier alpha value is -6.90. The highest BCUT2D eigenvalue weighted by Gasteiger charge is 2.22. The smallest absolute Gasteiger partial charge is 0.137 e. The summed E-state index contributed by atoms with van der Waals surface area (Å²) >= 11 is 0. The van der Waals surface area contributed by atoms with Crippen LogP contribution in [0.5, 0.6) is 0 Å². The molecule has 2 heteroatoms. The minimum atomic E-state index is 0.868. The molecule has 0 radical (unpaired) electrons. The van der Waals surface area contributed by atoms with Gasteiger partial charge in [-0.3, -0.25) is 0 Å². The zero-order valence-electron chi connectivity index (χ0n) is 28.4. The minimum Gasteiger partial charge on any atom is -0.456 e. The van der Waals surface area contributed by atoms with E-state index in [1.165, 1.54) is 43.8 Å². The molecular formula is C50H33NO. The largest absolute Gasteiger partial charge is 0.456 e. The van der Waals surface area contributed by atoms with Gasteiger partial charge in [0.15, 0.2) is 0 Å². The van der Waals surface area contributed by atoms with Crippen LogP contribution in [0.1, 0.15) is 0 Å². The van der Waals surface area contributed by atoms with Crippen LogP contribution in [0.15, 0.2) is 205 Å². The van der Waals surface area contributed by atoms with E-state index < -0.39 is 0 Å². The molecule has 1 heterocycles. The van der Waals surface area contributed by atoms with Crippen LogP contribution in [0.3, 0.4) is 0 Å². The van der Waals surface area contributed by atoms with E-state index in [-0.39, 0.29) is 0 Å². The van der Waals surface area contributed by atoms with Gasteiger partial charge in [-0.1, -0.05) is 158 Å². The lowest BCUT2D eigenvalue weighted by atomic mass is 9.95. The number of para-hydroxylation sites is 2. The number of furan rings is 1. The van der Waals surface area contributed by atoms with Gasteiger partial charge in [-0.05, 0) is 91.8 Å². The molecule has 0 saturated carbocycles. The molecule has 10 aromatic rings. The summed E-state index contributed by atoms with van der Waals surface area (Å²) in [4.78, 5) is 2.41. The van der Waals surface area contributed by atoms with Crippen LogP contribution in [0.2, 0.25) is 0 Å². The average molecular weight is 664 g/mol. The molecule has 0 aliphatic carbocycles. The van der Waals surface area contributed by atoms with Gasteiger partial charge in [0, 0.05) is 16.6 Å². The molecule has 1 aromatic heterocycles. The van der Waals surface area contributed by atoms with Crippen molar-refractivity contribution in [1.82, 2.24) is 0 Å². The molecule has 244 valence electrons. The minimum absolute atomic E-state index is 0.868. The first-order chi connectivity index (χ1) is 25.8. The van der Waals surface area contributed by atoms with Gasteiger partial charge in [0.1, 0.15) is 11.2 Å². The topological polar surface area (TPSA) is 16.4 Å². The van der Waals surface area contributed by atoms with Crippen LogP contribution in [-0.2, 0) is 0 Å². The number of hydrogen-bond acceptors (Lipinski definition) is 2. The molecule has 52 heavy (non-hydrogen) atoms. The maximum Gasteiger partial charge on any atom is 0.137 e. The van der Waals surface area contributed by atoms with E-state index in [2.05, 4.69) is 199 Å². The monoisotopic (exact) mass is 663 g/mol. The Morgan fingerprint density at radius 3 is 1.85 bits per heavy atom. The molecular weight excluding hydrogens is 631 g/mol. The fourth-order valence-electron chi connectivity index (χ4n) is 7.76. The Labute approximate surface area is 302 Å². The quantitative estimate of drug-likeness (QED) is 0.176. The van der Waals surface area contributed by atoms with Gasteiger partial charge in [0.05, 0.1) is 16.8 Å². The summed E-state index contributed by atoms with van der Waals surface area (Å²) in [6, 6.07) is 71.8. The predicted octanol–water partition coefficient (Wildman–Crippen LogP) is 14.4. The molecule has 0 fully saturated rings. The summed E-state index contributed by atoms with van der Waals surface area (Å²) in [5.41, 5.74) is 12.1. The Bertz CT molecular complexity index is 2910. The van der Waals surface area contributed by atoms with Gasteiger partial charge >= 0.3 is 0 Å². The molecule has 0 N–H and O–H groups in total. The number of nitrogens with zero attached hydrogens (tertiary/aromatic N) is 1. The molecule has 2 nitrogen and oxygen atoms in total. The molecule has 0 saturated heterocycles. The summed E-state index contributed by atoms with van der Waals surface area (Å²) < 4.78 is 6.42. The molecule has 0 atom stereocenters. The van der Waals surface area contributed by atoms with E-state index in [4.69, 9.17) is 4.42 Å². The Morgan fingerprint density at radius 2 is 0.942 bits per heavy atom. The van der Waals surface area contributed by atoms with E-state index in [0.29, 0.717) is 0 Å². The zero-order chi connectivity index (χ0) is 34.4. The summed E-state index contributed by atoms with van der Waals surface area (Å²) in [6.45, 7) is 0. The third-order valence-corrected chi connectivity index (χ3v) is 10.3. The predicted molar refractivity (Wildman–Crippen MR) is 220 cm³/mol. The van der Waals surface area contributed by atoms with Crippen molar-refractivity contribution < 1.29 is 4.42 Å². The van der Waals surface area contributed by atoms with Gasteiger partial charge in [0.2, 0.25) is 0 Å². The van der Waals surface area contributed by atoms with Crippen LogP contribution in [0.4, 0.5) is 17.1 Å². The first kappa shape index (κ1) is 30.0. The van der Waals surface area contributed by atoms with E-state index in [1.54, 1.807) is 0 Å². The number of benzene rings is 9. The second-order valence-corrected chi connectivity index (χ2v) is 13.3. The molecule has 0 aliphatic rings. The van der Waals surface area contributed by atoms with Crippen molar-refractivity contribution in [2.75, 3.05) is 4.90 Å². The van der Waals surface area contributed by atoms with Crippen LogP contribution in [0.25, 0.3) is 76.9 Å². The van der Waals surface area contributed by atoms with E-state index in [9.17, 15) is 0 Å². The Morgan fingerprint density at radius 1 is 0.327 bits per heavy atom. The van der Waals surface area contributed by atoms with Crippen LogP contribution in [0, 0.1) is 0 Å². The van der Waals surface area contributed by atoms with E-state index in [1.807, 2.05) is 6.07 Å². The van der Waals surface area contributed by atoms with E-state index >= 15 is 0 Å². The third-order valence-electron chi connectivity index (χ3n) is 10.3. The summed E-state index contributed by atoms with van der Waals surface area (Å²) in [6.07, 6.45) is 0. The number of rotatable bonds is 6. The fraction of sp³-hybridized carbons (Fsp3) is 0. The fourth-order valence-corrected chi connectivity index (χ4v) is 7.76. The molecule has 0 aliphatic heterocycles. The van der Waals surface area contributed by atoms with Crippen molar-refractivity contribution in [3.05, 3.63) is 200 Å². The van der Waals surface area contributed by atoms with Gasteiger partial charge in [0.25, 0.3) is 0 Å². The second kappa shape index (κ2) is 12.5. The lowest BCUT2D eigenvalue weighted by molar-refractivity contribution is 0.669. The van der Waals surface area contributed by atoms with Crippen LogP contribution in [-0.4, -0.2) is 0 Å². The first-order valence-corrected chi connectivity index (χ1v) is 17.8. The van der Waals surface area contributed by atoms with Crippen molar-refractivity contribution in [2.24, 2.45) is 0 Å². The lowest BCUT2D eigenvalue weighted by Crippen LogP contribution is -2.11. The third kappa shape index (κ3) is 5.12. The van der Waals surface area contributed by atoms with Crippen molar-refractivity contribution in [1.29, 1.82) is 0 Å². The highest BCUT2D eigenvalue weighted by atomic mass is 16.3. The average Bonchev–Trinajstić information content (AvgIpc) is 3.60. The lowest BCUT2D eigenvalue weighted by Gasteiger charge is -2.29. The van der Waals surface area contributed by atoms with Crippen molar-refractivity contribution in [3.63, 3.8) is 0 Å². The van der Waals surface area contributed by atoms with Gasteiger partial charge in [-0.25, -0.2) is 0 Å². The van der Waals surface area contributed by atoms with Crippen LogP contribution >= 0.6 is 0 Å². The second-order valence-electron chi connectivity index (χ2n) is 13.3. The van der Waals surface area contributed by atoms with Crippen LogP contribution < -0.4 is 4.90 Å². The molecule has 9 aromatic carbocycles. The zero-order valence-corrected chi connectivity index (χ0v) is 28.4. The molecule has 0 bridgehead atoms. The van der Waals surface area contributed by atoms with Gasteiger partial charge < -0.3 is 9.32 Å². The summed E-state index contributed by atoms with van der Waals surface area (Å²) in [7, 11) is 0. The Kier molecular flexibility index (Phi) is 7.18. The SMILES string of the molecule is c1cc(-c2ccc(-c3cccc4ccccc34)cc2)cc(N(c2ccccc2-c2ccc3ccccc3c2)c2cccc3oc4ccccc4c23)c1. The summed E-state index contributed by atoms with van der Waals surface area (Å²) in [5.74, 6) is 0. The van der Waals surface area contributed by atoms with Gasteiger partial charge in [-0.15, -0.1) is 0 Å². The molecule has 0 amide bonds. The normalized spacial score (nSPS) is 11.5. The van der Waals surface area contributed by atoms with Gasteiger partial charge in [-0.2, -0.15) is 0 Å². The van der Waals surface area contributed by atoms with Crippen molar-refractivity contribution in [2.45, 2.75) is 0 Å². The summed E-state index contributed by atoms with van der Waals surface area (Å²) in [5, 5.41) is 7.16. The number of anilines is 3. The number of fused-ring (bicyclic) bond motifs is 5. The maximum atomic E-state index is 6.42. The first-order valence-electron chi connectivity index (χ1n) is 17.8. The standard InChI is InChI=1S/C50H33NO/c1-2-14-38-32-40(31-28-34(38)12-1)44-19-5-7-22-46(44)51(47-23-11-25-49-50(47)45-20-6-8-24-48(45)52-49)41-17-9-16-39(33-41)35-26-29-37(30-27-35)43-21-10-15-36-13-3-4-18-42(36)43/h1-33H. The van der Waals surface area contributed by atoms with E-state index in [0.717, 1.165) is 50.1 Å². The molecule has 0 spiro atoms. The highest BCUT2D eigenvalue weighted by molar-refractivity contribution is 6.14. The molecule has 10 rings (SSSR count). The van der Waals surface area contributed by atoms with Crippen molar-refractivity contribution >= 4 is 60.5 Å². The maximum absolute atomic E-state index is 6.42. The molecule has 0 unspecified atom stereocenters. The highest BCUT2D eigenvalue weighted by Crippen LogP contribution is 2.46.